The number of aryl methyl sites for hydroxylation is 1. The molecule has 0 spiro atoms. The molecule has 2 fully saturated rings. The van der Waals surface area contributed by atoms with Crippen molar-refractivity contribution < 1.29 is 9.26 Å². The molecule has 6 rings (SSSR count). The number of benzene rings is 1. The SMILES string of the molecule is Cc1nc(N2CCNCC2)n2ncn(Cc3nc([C@@H]4CO[C@@H](c5ccc(Cl)cc5)C4)no3)c(=O)c12. The molecule has 2 aliphatic rings. The number of aromatic nitrogens is 6. The van der Waals surface area contributed by atoms with Crippen molar-refractivity contribution >= 4 is 23.1 Å². The number of piperazine rings is 1. The number of anilines is 1. The first-order valence-electron chi connectivity index (χ1n) is 11.7. The van der Waals surface area contributed by atoms with Crippen LogP contribution in [0.1, 0.15) is 41.4 Å². The highest BCUT2D eigenvalue weighted by Crippen LogP contribution is 2.37. The smallest absolute Gasteiger partial charge is 0.280 e. The molecule has 1 aromatic carbocycles. The van der Waals surface area contributed by atoms with Crippen LogP contribution in [-0.2, 0) is 11.3 Å². The van der Waals surface area contributed by atoms with Crippen LogP contribution in [0, 0.1) is 6.92 Å². The molecule has 0 unspecified atom stereocenters. The summed E-state index contributed by atoms with van der Waals surface area (Å²) in [6.45, 7) is 5.85. The maximum absolute atomic E-state index is 13.2. The van der Waals surface area contributed by atoms with Crippen LogP contribution >= 0.6 is 11.6 Å². The summed E-state index contributed by atoms with van der Waals surface area (Å²) in [6, 6.07) is 7.66. The van der Waals surface area contributed by atoms with Gasteiger partial charge in [-0.15, -0.1) is 0 Å². The lowest BCUT2D eigenvalue weighted by molar-refractivity contribution is 0.110. The molecule has 3 aromatic heterocycles. The molecule has 2 saturated heterocycles. The van der Waals surface area contributed by atoms with Crippen LogP contribution in [-0.4, -0.2) is 62.1 Å². The van der Waals surface area contributed by atoms with Crippen molar-refractivity contribution in [2.24, 2.45) is 0 Å². The molecule has 0 bridgehead atoms. The number of fused-ring (bicyclic) bond motifs is 1. The largest absolute Gasteiger partial charge is 0.373 e. The van der Waals surface area contributed by atoms with E-state index >= 15 is 0 Å². The van der Waals surface area contributed by atoms with Crippen molar-refractivity contribution in [3.05, 3.63) is 68.9 Å². The monoisotopic (exact) mass is 496 g/mol. The molecule has 4 aromatic rings. The fourth-order valence-corrected chi connectivity index (χ4v) is 4.83. The molecule has 0 saturated carbocycles. The van der Waals surface area contributed by atoms with Gasteiger partial charge in [-0.1, -0.05) is 28.9 Å². The van der Waals surface area contributed by atoms with Crippen LogP contribution in [0.4, 0.5) is 5.95 Å². The molecule has 0 aliphatic carbocycles. The highest BCUT2D eigenvalue weighted by Gasteiger charge is 2.31. The Balaban J connectivity index is 1.20. The Hall–Kier alpha value is -3.28. The first-order chi connectivity index (χ1) is 17.1. The molecule has 0 radical (unpaired) electrons. The molecule has 11 nitrogen and oxygen atoms in total. The number of nitrogens with one attached hydrogen (secondary N) is 1. The van der Waals surface area contributed by atoms with Gasteiger partial charge in [-0.3, -0.25) is 9.36 Å². The van der Waals surface area contributed by atoms with Crippen molar-refractivity contribution in [3.8, 4) is 0 Å². The van der Waals surface area contributed by atoms with Crippen LogP contribution in [0.15, 0.2) is 39.9 Å². The molecular weight excluding hydrogens is 472 g/mol. The minimum atomic E-state index is -0.196. The van der Waals surface area contributed by atoms with Gasteiger partial charge in [0, 0.05) is 37.1 Å². The zero-order valence-electron chi connectivity index (χ0n) is 19.2. The van der Waals surface area contributed by atoms with Gasteiger partial charge >= 0.3 is 0 Å². The first kappa shape index (κ1) is 22.2. The van der Waals surface area contributed by atoms with Gasteiger partial charge in [0.15, 0.2) is 11.3 Å². The summed E-state index contributed by atoms with van der Waals surface area (Å²) in [4.78, 5) is 24.6. The van der Waals surface area contributed by atoms with E-state index in [1.807, 2.05) is 31.2 Å². The van der Waals surface area contributed by atoms with E-state index in [0.29, 0.717) is 40.5 Å². The van der Waals surface area contributed by atoms with Crippen LogP contribution in [0.5, 0.6) is 0 Å². The Bertz CT molecular complexity index is 1410. The number of nitrogens with zero attached hydrogens (tertiary/aromatic N) is 7. The van der Waals surface area contributed by atoms with E-state index in [2.05, 4.69) is 30.4 Å². The second-order valence-corrected chi connectivity index (χ2v) is 9.35. The van der Waals surface area contributed by atoms with E-state index in [4.69, 9.17) is 20.9 Å². The summed E-state index contributed by atoms with van der Waals surface area (Å²) in [6.07, 6.45) is 2.21. The topological polar surface area (TPSA) is 116 Å². The fourth-order valence-electron chi connectivity index (χ4n) is 4.70. The normalized spacial score (nSPS) is 20.7. The number of ether oxygens (including phenoxy) is 1. The predicted octanol–water partition coefficient (Wildman–Crippen LogP) is 1.94. The van der Waals surface area contributed by atoms with Crippen molar-refractivity contribution in [2.45, 2.75) is 31.9 Å². The molecular formula is C23H25ClN8O3. The molecule has 5 heterocycles. The highest BCUT2D eigenvalue weighted by molar-refractivity contribution is 6.30. The Kier molecular flexibility index (Phi) is 5.75. The molecule has 35 heavy (non-hydrogen) atoms. The van der Waals surface area contributed by atoms with E-state index in [1.54, 1.807) is 4.52 Å². The van der Waals surface area contributed by atoms with Gasteiger partial charge in [-0.05, 0) is 31.0 Å². The third-order valence-corrected chi connectivity index (χ3v) is 6.83. The molecule has 1 N–H and O–H groups in total. The van der Waals surface area contributed by atoms with Crippen LogP contribution in [0.3, 0.4) is 0 Å². The summed E-state index contributed by atoms with van der Waals surface area (Å²) in [7, 11) is 0. The van der Waals surface area contributed by atoms with Gasteiger partial charge in [0.2, 0.25) is 11.8 Å². The van der Waals surface area contributed by atoms with E-state index in [0.717, 1.165) is 38.2 Å². The molecule has 12 heteroatoms. The van der Waals surface area contributed by atoms with E-state index in [-0.39, 0.29) is 24.1 Å². The Labute approximate surface area is 205 Å². The minimum Gasteiger partial charge on any atom is -0.373 e. The van der Waals surface area contributed by atoms with E-state index in [1.165, 1.54) is 10.9 Å². The third-order valence-electron chi connectivity index (χ3n) is 6.57. The Morgan fingerprint density at radius 3 is 2.77 bits per heavy atom. The van der Waals surface area contributed by atoms with Gasteiger partial charge < -0.3 is 19.5 Å². The standard InChI is InChI=1S/C23H25ClN8O3/c1-14-20-22(33)31(13-26-32(20)23(27-14)30-8-6-25-7-9-30)11-19-28-21(29-35-19)16-10-18(34-12-16)15-2-4-17(24)5-3-15/h2-5,13,16,18,25H,6-12H2,1H3/t16-,18+/m0/s1. The Morgan fingerprint density at radius 1 is 1.17 bits per heavy atom. The highest BCUT2D eigenvalue weighted by atomic mass is 35.5. The lowest BCUT2D eigenvalue weighted by Gasteiger charge is -2.27. The zero-order valence-corrected chi connectivity index (χ0v) is 20.0. The summed E-state index contributed by atoms with van der Waals surface area (Å²) in [5, 5.41) is 12.7. The average molecular weight is 497 g/mol. The van der Waals surface area contributed by atoms with Gasteiger partial charge in [0.25, 0.3) is 5.56 Å². The van der Waals surface area contributed by atoms with Crippen molar-refractivity contribution in [3.63, 3.8) is 0 Å². The van der Waals surface area contributed by atoms with Crippen LogP contribution in [0.2, 0.25) is 5.02 Å². The van der Waals surface area contributed by atoms with E-state index in [9.17, 15) is 4.79 Å². The predicted molar refractivity (Wildman–Crippen MR) is 128 cm³/mol. The summed E-state index contributed by atoms with van der Waals surface area (Å²) in [5.74, 6) is 1.65. The number of imidazole rings is 1. The molecule has 0 amide bonds. The summed E-state index contributed by atoms with van der Waals surface area (Å²) in [5.41, 5.74) is 1.98. The number of rotatable bonds is 5. The second kappa shape index (κ2) is 9.06. The van der Waals surface area contributed by atoms with Crippen molar-refractivity contribution in [1.29, 1.82) is 0 Å². The fraction of sp³-hybridized carbons (Fsp3) is 0.435. The van der Waals surface area contributed by atoms with Gasteiger partial charge in [-0.2, -0.15) is 14.6 Å². The lowest BCUT2D eigenvalue weighted by atomic mass is 10.0. The number of halogens is 1. The van der Waals surface area contributed by atoms with Gasteiger partial charge in [-0.25, -0.2) is 4.98 Å². The average Bonchev–Trinajstić information content (AvgIpc) is 3.61. The van der Waals surface area contributed by atoms with E-state index < -0.39 is 0 Å². The maximum Gasteiger partial charge on any atom is 0.280 e. The third kappa shape index (κ3) is 4.19. The van der Waals surface area contributed by atoms with Crippen molar-refractivity contribution in [1.82, 2.24) is 34.6 Å². The quantitative estimate of drug-likeness (QED) is 0.442. The second-order valence-electron chi connectivity index (χ2n) is 8.91. The minimum absolute atomic E-state index is 0.0177. The van der Waals surface area contributed by atoms with Gasteiger partial charge in [0.1, 0.15) is 12.9 Å². The Morgan fingerprint density at radius 2 is 1.97 bits per heavy atom. The molecule has 2 atom stereocenters. The van der Waals surface area contributed by atoms with Crippen LogP contribution in [0.25, 0.3) is 5.52 Å². The zero-order chi connectivity index (χ0) is 23.9. The lowest BCUT2D eigenvalue weighted by Crippen LogP contribution is -2.44. The number of hydrogen-bond acceptors (Lipinski definition) is 9. The number of hydrogen-bond donors (Lipinski definition) is 1. The van der Waals surface area contributed by atoms with Gasteiger partial charge in [0.05, 0.1) is 18.4 Å². The summed E-state index contributed by atoms with van der Waals surface area (Å²) < 4.78 is 14.5. The molecule has 2 aliphatic heterocycles. The first-order valence-corrected chi connectivity index (χ1v) is 12.0. The van der Waals surface area contributed by atoms with Crippen LogP contribution < -0.4 is 15.8 Å². The molecule has 182 valence electrons. The van der Waals surface area contributed by atoms with Crippen molar-refractivity contribution in [2.75, 3.05) is 37.7 Å². The summed E-state index contributed by atoms with van der Waals surface area (Å²) >= 11 is 5.99. The maximum atomic E-state index is 13.2.